The van der Waals surface area contributed by atoms with Gasteiger partial charge in [-0.3, -0.25) is 10.1 Å². The third-order valence-corrected chi connectivity index (χ3v) is 4.13. The van der Waals surface area contributed by atoms with Crippen molar-refractivity contribution in [3.63, 3.8) is 0 Å². The molecule has 0 saturated heterocycles. The van der Waals surface area contributed by atoms with Gasteiger partial charge in [-0.1, -0.05) is 35.8 Å². The summed E-state index contributed by atoms with van der Waals surface area (Å²) >= 11 is 8.36. The van der Waals surface area contributed by atoms with Crippen LogP contribution in [0.2, 0.25) is 0 Å². The first kappa shape index (κ1) is 22.2. The highest BCUT2D eigenvalue weighted by molar-refractivity contribution is 9.10. The van der Waals surface area contributed by atoms with Crippen molar-refractivity contribution in [3.05, 3.63) is 58.1 Å². The number of hydrogen-bond donors (Lipinski definition) is 2. The second-order valence-electron chi connectivity index (χ2n) is 6.33. The van der Waals surface area contributed by atoms with Gasteiger partial charge in [0.2, 0.25) is 0 Å². The van der Waals surface area contributed by atoms with Crippen LogP contribution in [0, 0.1) is 5.92 Å². The molecule has 0 aliphatic rings. The van der Waals surface area contributed by atoms with Gasteiger partial charge in [0, 0.05) is 10.2 Å². The summed E-state index contributed by atoms with van der Waals surface area (Å²) in [5, 5.41) is 4.92. The topological polar surface area (TPSA) is 50.4 Å². The molecule has 2 N–H and O–H groups in total. The van der Waals surface area contributed by atoms with Crippen molar-refractivity contribution in [2.45, 2.75) is 20.0 Å². The SMILES string of the molecule is CC(C)COc1ccc(Br)cc1C(=O)NC(=S)Nc1cccc(C(F)(F)F)c1. The lowest BCUT2D eigenvalue weighted by molar-refractivity contribution is -0.137. The Bertz CT molecular complexity index is 872. The van der Waals surface area contributed by atoms with Crippen LogP contribution in [0.15, 0.2) is 46.9 Å². The number of amides is 1. The summed E-state index contributed by atoms with van der Waals surface area (Å²) in [6, 6.07) is 9.52. The van der Waals surface area contributed by atoms with E-state index in [0.717, 1.165) is 12.1 Å². The molecule has 2 aromatic carbocycles. The van der Waals surface area contributed by atoms with Gasteiger partial charge in [0.05, 0.1) is 17.7 Å². The minimum Gasteiger partial charge on any atom is -0.492 e. The molecule has 150 valence electrons. The first-order valence-corrected chi connectivity index (χ1v) is 9.48. The lowest BCUT2D eigenvalue weighted by Crippen LogP contribution is -2.34. The quantitative estimate of drug-likeness (QED) is 0.551. The minimum absolute atomic E-state index is 0.116. The van der Waals surface area contributed by atoms with Crippen molar-refractivity contribution >= 4 is 44.9 Å². The molecule has 0 atom stereocenters. The number of nitrogens with one attached hydrogen (secondary N) is 2. The molecule has 0 aromatic heterocycles. The predicted molar refractivity (Wildman–Crippen MR) is 110 cm³/mol. The van der Waals surface area contributed by atoms with E-state index in [0.29, 0.717) is 16.8 Å². The van der Waals surface area contributed by atoms with Gasteiger partial charge in [0.15, 0.2) is 5.11 Å². The fourth-order valence-electron chi connectivity index (χ4n) is 2.17. The summed E-state index contributed by atoms with van der Waals surface area (Å²) in [5.74, 6) is 0.115. The second kappa shape index (κ2) is 9.38. The van der Waals surface area contributed by atoms with E-state index in [1.807, 2.05) is 13.8 Å². The number of halogens is 4. The maximum Gasteiger partial charge on any atom is 0.416 e. The van der Waals surface area contributed by atoms with E-state index >= 15 is 0 Å². The average molecular weight is 475 g/mol. The minimum atomic E-state index is -4.47. The Labute approximate surface area is 174 Å². The molecular formula is C19H18BrF3N2O2S. The zero-order valence-corrected chi connectivity index (χ0v) is 17.5. The number of alkyl halides is 3. The Hall–Kier alpha value is -2.13. The molecule has 0 spiro atoms. The number of carbonyl (C=O) groups excluding carboxylic acids is 1. The molecule has 9 heteroatoms. The second-order valence-corrected chi connectivity index (χ2v) is 7.66. The van der Waals surface area contributed by atoms with E-state index in [2.05, 4.69) is 26.6 Å². The zero-order chi connectivity index (χ0) is 20.9. The van der Waals surface area contributed by atoms with Crippen LogP contribution in [0.3, 0.4) is 0 Å². The van der Waals surface area contributed by atoms with E-state index in [-0.39, 0.29) is 22.3 Å². The van der Waals surface area contributed by atoms with Gasteiger partial charge >= 0.3 is 6.18 Å². The van der Waals surface area contributed by atoms with E-state index in [1.165, 1.54) is 12.1 Å². The first-order chi connectivity index (χ1) is 13.1. The Morgan fingerprint density at radius 3 is 2.57 bits per heavy atom. The fraction of sp³-hybridized carbons (Fsp3) is 0.263. The number of thiocarbonyl (C=S) groups is 1. The van der Waals surface area contributed by atoms with Crippen molar-refractivity contribution < 1.29 is 22.7 Å². The number of rotatable bonds is 5. The lowest BCUT2D eigenvalue weighted by atomic mass is 10.2. The van der Waals surface area contributed by atoms with Crippen LogP contribution in [0.25, 0.3) is 0 Å². The Balaban J connectivity index is 2.10. The van der Waals surface area contributed by atoms with E-state index in [9.17, 15) is 18.0 Å². The third kappa shape index (κ3) is 6.49. The number of benzene rings is 2. The molecule has 0 aliphatic carbocycles. The van der Waals surface area contributed by atoms with Crippen molar-refractivity contribution in [2.24, 2.45) is 5.92 Å². The number of ether oxygens (including phenoxy) is 1. The number of hydrogen-bond acceptors (Lipinski definition) is 3. The van der Waals surface area contributed by atoms with Crippen LogP contribution >= 0.6 is 28.1 Å². The summed E-state index contributed by atoms with van der Waals surface area (Å²) in [6.07, 6.45) is -4.47. The maximum atomic E-state index is 12.8. The molecule has 0 aliphatic heterocycles. The molecule has 1 amide bonds. The molecule has 0 unspecified atom stereocenters. The van der Waals surface area contributed by atoms with E-state index < -0.39 is 17.6 Å². The third-order valence-electron chi connectivity index (χ3n) is 3.43. The van der Waals surface area contributed by atoms with E-state index in [4.69, 9.17) is 17.0 Å². The molecule has 4 nitrogen and oxygen atoms in total. The highest BCUT2D eigenvalue weighted by Gasteiger charge is 2.30. The molecule has 2 aromatic rings. The highest BCUT2D eigenvalue weighted by Crippen LogP contribution is 2.30. The van der Waals surface area contributed by atoms with Crippen LogP contribution in [-0.2, 0) is 6.18 Å². The van der Waals surface area contributed by atoms with Gasteiger partial charge in [-0.15, -0.1) is 0 Å². The number of carbonyl (C=O) groups is 1. The largest absolute Gasteiger partial charge is 0.492 e. The Morgan fingerprint density at radius 1 is 1.21 bits per heavy atom. The highest BCUT2D eigenvalue weighted by atomic mass is 79.9. The molecule has 0 radical (unpaired) electrons. The van der Waals surface area contributed by atoms with Gasteiger partial charge in [-0.2, -0.15) is 13.2 Å². The van der Waals surface area contributed by atoms with Crippen molar-refractivity contribution in [1.29, 1.82) is 0 Å². The smallest absolute Gasteiger partial charge is 0.416 e. The van der Waals surface area contributed by atoms with Crippen molar-refractivity contribution in [3.8, 4) is 5.75 Å². The Kier molecular flexibility index (Phi) is 7.42. The summed E-state index contributed by atoms with van der Waals surface area (Å²) in [6.45, 7) is 4.38. The van der Waals surface area contributed by atoms with Crippen LogP contribution in [-0.4, -0.2) is 17.6 Å². The molecule has 0 fully saturated rings. The summed E-state index contributed by atoms with van der Waals surface area (Å²) in [4.78, 5) is 12.6. The number of anilines is 1. The van der Waals surface area contributed by atoms with Gasteiger partial charge in [-0.05, 0) is 54.5 Å². The summed E-state index contributed by atoms with van der Waals surface area (Å²) in [5.41, 5.74) is -0.447. The standard InChI is InChI=1S/C19H18BrF3N2O2S/c1-11(2)10-27-16-7-6-13(20)9-15(16)17(26)25-18(28)24-14-5-3-4-12(8-14)19(21,22)23/h3-9,11H,10H2,1-2H3,(H2,24,25,26,28). The molecule has 2 rings (SSSR count). The monoisotopic (exact) mass is 474 g/mol. The predicted octanol–water partition coefficient (Wildman–Crippen LogP) is 5.63. The fourth-order valence-corrected chi connectivity index (χ4v) is 2.74. The van der Waals surface area contributed by atoms with Crippen molar-refractivity contribution in [1.82, 2.24) is 5.32 Å². The summed E-state index contributed by atoms with van der Waals surface area (Å²) in [7, 11) is 0. The van der Waals surface area contributed by atoms with Crippen LogP contribution in [0.1, 0.15) is 29.8 Å². The van der Waals surface area contributed by atoms with Gasteiger partial charge in [0.25, 0.3) is 5.91 Å². The van der Waals surface area contributed by atoms with Gasteiger partial charge in [0.1, 0.15) is 5.75 Å². The van der Waals surface area contributed by atoms with Crippen LogP contribution in [0.4, 0.5) is 18.9 Å². The van der Waals surface area contributed by atoms with Gasteiger partial charge < -0.3 is 10.1 Å². The lowest BCUT2D eigenvalue weighted by Gasteiger charge is -2.15. The van der Waals surface area contributed by atoms with E-state index in [1.54, 1.807) is 18.2 Å². The normalized spacial score (nSPS) is 11.2. The maximum absolute atomic E-state index is 12.8. The van der Waals surface area contributed by atoms with Gasteiger partial charge in [-0.25, -0.2) is 0 Å². The molecule has 28 heavy (non-hydrogen) atoms. The first-order valence-electron chi connectivity index (χ1n) is 8.28. The molecule has 0 saturated carbocycles. The Morgan fingerprint density at radius 2 is 1.93 bits per heavy atom. The molecular weight excluding hydrogens is 457 g/mol. The average Bonchev–Trinajstić information content (AvgIpc) is 2.59. The van der Waals surface area contributed by atoms with Crippen molar-refractivity contribution in [2.75, 3.05) is 11.9 Å². The molecule has 0 heterocycles. The van der Waals surface area contributed by atoms with Crippen LogP contribution in [0.5, 0.6) is 5.75 Å². The zero-order valence-electron chi connectivity index (χ0n) is 15.1. The van der Waals surface area contributed by atoms with Crippen LogP contribution < -0.4 is 15.4 Å². The molecule has 0 bridgehead atoms. The summed E-state index contributed by atoms with van der Waals surface area (Å²) < 4.78 is 44.7.